The molecule has 2 saturated heterocycles. The Labute approximate surface area is 350 Å². The fourth-order valence-corrected chi connectivity index (χ4v) is 6.33. The highest BCUT2D eigenvalue weighted by atomic mass is 35.5. The van der Waals surface area contributed by atoms with Gasteiger partial charge in [-0.2, -0.15) is 33.1 Å². The molecule has 2 fully saturated rings. The zero-order chi connectivity index (χ0) is 44.6. The molecule has 5 aromatic rings. The highest BCUT2D eigenvalue weighted by Crippen LogP contribution is 2.26. The van der Waals surface area contributed by atoms with Crippen LogP contribution in [-0.2, 0) is 32.0 Å². The number of amides is 1. The molecule has 1 amide bonds. The first-order chi connectivity index (χ1) is 29.0. The summed E-state index contributed by atoms with van der Waals surface area (Å²) in [6, 6.07) is 7.85. The van der Waals surface area contributed by atoms with Gasteiger partial charge in [0.2, 0.25) is 17.2 Å². The number of hydrogen-bond acceptors (Lipinski definition) is 12. The number of imidazole rings is 2. The molecule has 0 bridgehead atoms. The average molecular weight is 871 g/mol. The number of rotatable bonds is 6. The molecule has 23 heteroatoms. The zero-order valence-electron chi connectivity index (χ0n) is 33.7. The van der Waals surface area contributed by atoms with E-state index in [1.165, 1.54) is 14.0 Å². The molecule has 6 heterocycles. The number of aryl methyl sites for hydroxylation is 1. The molecule has 0 atom stereocenters. The number of aliphatic carboxylic acids is 1. The van der Waals surface area contributed by atoms with Gasteiger partial charge in [0.15, 0.2) is 22.3 Å². The molecule has 4 aromatic heterocycles. The molecule has 0 unspecified atom stereocenters. The largest absolute Gasteiger partial charge is 0.490 e. The van der Waals surface area contributed by atoms with Crippen molar-refractivity contribution in [2.75, 3.05) is 62.2 Å². The zero-order valence-corrected chi connectivity index (χ0v) is 34.5. The molecule has 0 radical (unpaired) electrons. The van der Waals surface area contributed by atoms with E-state index in [9.17, 15) is 27.6 Å². The SMILES string of the molecule is CC#CCn1c(N2CCN(C(=O)O)CC2)nc2nc(Cl)n(C)c(=O)c21.CC#CCn1c(N2CCNCC2)nc2nc(Oc3ccccc3C)n(C)c(=O)c21.O=C(O)C(F)(F)F. The van der Waals surface area contributed by atoms with Gasteiger partial charge >= 0.3 is 24.2 Å². The highest BCUT2D eigenvalue weighted by Gasteiger charge is 2.38. The first-order valence-electron chi connectivity index (χ1n) is 18.6. The Morgan fingerprint density at radius 2 is 1.30 bits per heavy atom. The molecule has 2 aliphatic rings. The van der Waals surface area contributed by atoms with Gasteiger partial charge in [0.25, 0.3) is 11.1 Å². The summed E-state index contributed by atoms with van der Waals surface area (Å²) in [6.07, 6.45) is -6.02. The quantitative estimate of drug-likeness (QED) is 0.166. The van der Waals surface area contributed by atoms with Gasteiger partial charge in [-0.25, -0.2) is 9.59 Å². The third kappa shape index (κ3) is 10.3. The van der Waals surface area contributed by atoms with Crippen molar-refractivity contribution < 1.29 is 37.7 Å². The van der Waals surface area contributed by atoms with E-state index in [1.54, 1.807) is 32.5 Å². The minimum Gasteiger partial charge on any atom is -0.475 e. The Morgan fingerprint density at radius 1 is 0.803 bits per heavy atom. The first-order valence-corrected chi connectivity index (χ1v) is 19.0. The standard InChI is InChI=1S/C21H24N6O2.C15H17ClN6O3.C2HF3O2/c1-4-5-12-27-17-18(23-20(27)26-13-10-22-11-14-26)24-21(25(3)19(17)28)29-16-9-7-6-8-15(16)2;1-3-4-5-22-10-11(17-13(16)19(2)12(10)23)18-14(22)20-6-8-21(9-7-20)15(24)25;3-2(4,5)1(6)7/h6-9,22H,10-14H2,1-3H3;5-9H2,1-2H3,(H,24,25);(H,6,7). The van der Waals surface area contributed by atoms with E-state index in [0.29, 0.717) is 67.6 Å². The van der Waals surface area contributed by atoms with Crippen molar-refractivity contribution >= 4 is 57.9 Å². The van der Waals surface area contributed by atoms with Crippen molar-refractivity contribution in [2.24, 2.45) is 14.1 Å². The Hall–Kier alpha value is -6.78. The Balaban J connectivity index is 0.000000202. The minimum atomic E-state index is -5.08. The summed E-state index contributed by atoms with van der Waals surface area (Å²) in [5, 5.41) is 19.6. The summed E-state index contributed by atoms with van der Waals surface area (Å²) in [6.45, 7) is 11.2. The van der Waals surface area contributed by atoms with E-state index in [4.69, 9.17) is 36.3 Å². The maximum atomic E-state index is 13.2. The topological polar surface area (TPSA) is 211 Å². The van der Waals surface area contributed by atoms with E-state index in [2.05, 4.69) is 48.9 Å². The number of fused-ring (bicyclic) bond motifs is 2. The van der Waals surface area contributed by atoms with Crippen LogP contribution in [0.4, 0.5) is 29.9 Å². The van der Waals surface area contributed by atoms with Crippen molar-refractivity contribution in [1.82, 2.24) is 48.4 Å². The van der Waals surface area contributed by atoms with Gasteiger partial charge in [-0.15, -0.1) is 11.8 Å². The van der Waals surface area contributed by atoms with Crippen LogP contribution in [0.5, 0.6) is 11.8 Å². The van der Waals surface area contributed by atoms with E-state index in [0.717, 1.165) is 37.7 Å². The van der Waals surface area contributed by atoms with E-state index < -0.39 is 18.2 Å². The smallest absolute Gasteiger partial charge is 0.475 e. The fourth-order valence-electron chi connectivity index (χ4n) is 6.17. The Kier molecular flexibility index (Phi) is 14.5. The summed E-state index contributed by atoms with van der Waals surface area (Å²) >= 11 is 5.99. The number of hydrogen-bond donors (Lipinski definition) is 3. The summed E-state index contributed by atoms with van der Waals surface area (Å²) in [7, 11) is 3.21. The summed E-state index contributed by atoms with van der Waals surface area (Å²) in [4.78, 5) is 69.1. The molecule has 1 aromatic carbocycles. The van der Waals surface area contributed by atoms with Crippen LogP contribution in [-0.4, -0.2) is 124 Å². The number of alkyl halides is 3. The number of piperazine rings is 2. The van der Waals surface area contributed by atoms with Gasteiger partial charge in [-0.05, 0) is 44.0 Å². The molecule has 7 rings (SSSR count). The number of aromatic nitrogens is 8. The van der Waals surface area contributed by atoms with Crippen molar-refractivity contribution in [3.63, 3.8) is 0 Å². The average Bonchev–Trinajstić information content (AvgIpc) is 3.79. The summed E-state index contributed by atoms with van der Waals surface area (Å²) in [5.74, 6) is 10.9. The van der Waals surface area contributed by atoms with Crippen molar-refractivity contribution in [3.8, 4) is 35.4 Å². The number of nitrogens with zero attached hydrogens (tertiary/aromatic N) is 11. The molecule has 0 spiro atoms. The fraction of sp³-hybridized carbons (Fsp3) is 0.421. The lowest BCUT2D eigenvalue weighted by atomic mass is 10.2. The number of para-hydroxylation sites is 1. The van der Waals surface area contributed by atoms with Gasteiger partial charge < -0.3 is 35.0 Å². The second-order valence-electron chi connectivity index (χ2n) is 13.4. The molecule has 0 saturated carbocycles. The number of halogens is 4. The van der Waals surface area contributed by atoms with Gasteiger partial charge in [0.1, 0.15) is 5.75 Å². The van der Waals surface area contributed by atoms with Crippen LogP contribution in [0.2, 0.25) is 5.28 Å². The molecule has 61 heavy (non-hydrogen) atoms. The highest BCUT2D eigenvalue weighted by molar-refractivity contribution is 6.28. The van der Waals surface area contributed by atoms with E-state index in [-0.39, 0.29) is 28.1 Å². The van der Waals surface area contributed by atoms with Crippen LogP contribution < -0.4 is 31.0 Å². The number of nitrogens with one attached hydrogen (secondary N) is 1. The van der Waals surface area contributed by atoms with Gasteiger partial charge in [0.05, 0.1) is 13.1 Å². The molecular weight excluding hydrogens is 829 g/mol. The normalized spacial score (nSPS) is 13.9. The van der Waals surface area contributed by atoms with Crippen LogP contribution in [0.25, 0.3) is 22.3 Å². The second-order valence-corrected chi connectivity index (χ2v) is 13.7. The third-order valence-corrected chi connectivity index (χ3v) is 9.77. The number of benzene rings is 1. The monoisotopic (exact) mass is 870 g/mol. The Bertz CT molecular complexity index is 2670. The van der Waals surface area contributed by atoms with Crippen molar-refractivity contribution in [1.29, 1.82) is 0 Å². The first kappa shape index (κ1) is 45.3. The molecule has 0 aliphatic carbocycles. The second kappa shape index (κ2) is 19.5. The number of carboxylic acid groups (broad SMARTS) is 2. The summed E-state index contributed by atoms with van der Waals surface area (Å²) < 4.78 is 44.0. The molecule has 2 aliphatic heterocycles. The van der Waals surface area contributed by atoms with E-state index in [1.807, 2.05) is 40.7 Å². The predicted molar refractivity (Wildman–Crippen MR) is 219 cm³/mol. The van der Waals surface area contributed by atoms with Gasteiger partial charge in [0, 0.05) is 66.5 Å². The lowest BCUT2D eigenvalue weighted by Gasteiger charge is -2.33. The number of carboxylic acids is 1. The summed E-state index contributed by atoms with van der Waals surface area (Å²) in [5.41, 5.74) is 1.89. The Morgan fingerprint density at radius 3 is 1.79 bits per heavy atom. The maximum absolute atomic E-state index is 13.2. The maximum Gasteiger partial charge on any atom is 0.490 e. The van der Waals surface area contributed by atoms with Crippen LogP contribution in [0.3, 0.4) is 0 Å². The third-order valence-electron chi connectivity index (χ3n) is 9.43. The number of carbonyl (C=O) groups is 2. The van der Waals surface area contributed by atoms with Crippen molar-refractivity contribution in [2.45, 2.75) is 40.0 Å². The minimum absolute atomic E-state index is 0.0611. The van der Waals surface area contributed by atoms with Crippen LogP contribution in [0.1, 0.15) is 19.4 Å². The lowest BCUT2D eigenvalue weighted by Crippen LogP contribution is -2.49. The van der Waals surface area contributed by atoms with Crippen molar-refractivity contribution in [3.05, 3.63) is 55.8 Å². The van der Waals surface area contributed by atoms with Crippen LogP contribution in [0.15, 0.2) is 33.9 Å². The predicted octanol–water partition coefficient (Wildman–Crippen LogP) is 2.90. The van der Waals surface area contributed by atoms with Crippen LogP contribution >= 0.6 is 11.6 Å². The van der Waals surface area contributed by atoms with E-state index >= 15 is 0 Å². The van der Waals surface area contributed by atoms with Gasteiger partial charge in [-0.1, -0.05) is 30.0 Å². The number of ether oxygens (including phenoxy) is 1. The number of anilines is 2. The van der Waals surface area contributed by atoms with Gasteiger partial charge in [-0.3, -0.25) is 27.9 Å². The molecular formula is C38H42ClF3N12O7. The van der Waals surface area contributed by atoms with Crippen LogP contribution in [0, 0.1) is 30.6 Å². The molecule has 19 nitrogen and oxygen atoms in total. The molecule has 3 N–H and O–H groups in total. The lowest BCUT2D eigenvalue weighted by molar-refractivity contribution is -0.192. The molecule has 324 valence electrons.